The Bertz CT molecular complexity index is 1390. The third-order valence-corrected chi connectivity index (χ3v) is 5.71. The molecule has 1 heterocycles. The highest BCUT2D eigenvalue weighted by Gasteiger charge is 2.31. The second-order valence-electron chi connectivity index (χ2n) is 7.78. The van der Waals surface area contributed by atoms with Crippen molar-refractivity contribution in [1.29, 1.82) is 0 Å². The maximum absolute atomic E-state index is 13.2. The van der Waals surface area contributed by atoms with E-state index in [4.69, 9.17) is 11.6 Å². The molecule has 1 aliphatic rings. The van der Waals surface area contributed by atoms with Crippen LogP contribution in [0.4, 0.5) is 0 Å². The number of carbonyl (C=O) groups excluding carboxylic acids is 2. The smallest absolute Gasteiger partial charge is 0.335 e. The monoisotopic (exact) mass is 438 g/mol. The van der Waals surface area contributed by atoms with Gasteiger partial charge in [-0.05, 0) is 42.3 Å². The minimum Gasteiger partial charge on any atom is -0.506 e. The Morgan fingerprint density at radius 2 is 1.71 bits per heavy atom. The number of halogens is 1. The van der Waals surface area contributed by atoms with Gasteiger partial charge in [-0.15, -0.1) is 0 Å². The van der Waals surface area contributed by atoms with Gasteiger partial charge in [0, 0.05) is 30.5 Å². The molecule has 31 heavy (non-hydrogen) atoms. The van der Waals surface area contributed by atoms with Crippen LogP contribution in [-0.2, 0) is 16.6 Å². The van der Waals surface area contributed by atoms with Crippen LogP contribution in [0.25, 0.3) is 22.3 Å². The number of nitrogens with zero attached hydrogens (tertiary/aromatic N) is 2. The standard InChI is InChI=1S/C23H19ClN2O5/c1-12-8-18(27)20(19(28)9-12)21(29)13-6-7-17-16(10-13)22(30)26(23(31)25(17)2)15-5-3-4-14(24)11-15/h3-7,10-12,29H,8-9H2,1-2H3. The van der Waals surface area contributed by atoms with Gasteiger partial charge in [0.25, 0.3) is 5.56 Å². The number of aryl methyl sites for hydroxylation is 1. The Balaban J connectivity index is 1.97. The number of ketones is 2. The van der Waals surface area contributed by atoms with Gasteiger partial charge in [-0.25, -0.2) is 9.36 Å². The highest BCUT2D eigenvalue weighted by molar-refractivity contribution is 6.30. The first-order valence-electron chi connectivity index (χ1n) is 9.70. The Kier molecular flexibility index (Phi) is 5.15. The van der Waals surface area contributed by atoms with Crippen molar-refractivity contribution in [3.8, 4) is 5.69 Å². The van der Waals surface area contributed by atoms with E-state index >= 15 is 0 Å². The summed E-state index contributed by atoms with van der Waals surface area (Å²) in [5.41, 5.74) is -0.578. The zero-order valence-electron chi connectivity index (χ0n) is 16.9. The van der Waals surface area contributed by atoms with Crippen molar-refractivity contribution in [3.63, 3.8) is 0 Å². The maximum Gasteiger partial charge on any atom is 0.335 e. The second kappa shape index (κ2) is 7.67. The topological polar surface area (TPSA) is 98.4 Å². The molecule has 7 nitrogen and oxygen atoms in total. The molecule has 158 valence electrons. The summed E-state index contributed by atoms with van der Waals surface area (Å²) < 4.78 is 2.30. The molecule has 4 rings (SSSR count). The molecule has 0 aliphatic heterocycles. The highest BCUT2D eigenvalue weighted by atomic mass is 35.5. The van der Waals surface area contributed by atoms with E-state index in [1.807, 2.05) is 0 Å². The molecule has 2 aromatic carbocycles. The molecule has 0 bridgehead atoms. The molecular weight excluding hydrogens is 420 g/mol. The van der Waals surface area contributed by atoms with Crippen LogP contribution in [0.3, 0.4) is 0 Å². The minimum absolute atomic E-state index is 0.0763. The van der Waals surface area contributed by atoms with Crippen LogP contribution in [0, 0.1) is 5.92 Å². The fourth-order valence-corrected chi connectivity index (χ4v) is 4.11. The number of hydrogen-bond acceptors (Lipinski definition) is 5. The zero-order valence-corrected chi connectivity index (χ0v) is 17.6. The van der Waals surface area contributed by atoms with Gasteiger partial charge in [0.05, 0.1) is 16.6 Å². The van der Waals surface area contributed by atoms with Crippen molar-refractivity contribution >= 4 is 39.8 Å². The number of aliphatic hydroxyl groups is 1. The summed E-state index contributed by atoms with van der Waals surface area (Å²) >= 11 is 6.02. The molecule has 1 N–H and O–H groups in total. The van der Waals surface area contributed by atoms with E-state index in [-0.39, 0.29) is 35.3 Å². The summed E-state index contributed by atoms with van der Waals surface area (Å²) in [5.74, 6) is -1.37. The van der Waals surface area contributed by atoms with E-state index in [1.54, 1.807) is 25.1 Å². The average Bonchev–Trinajstić information content (AvgIpc) is 2.71. The molecule has 0 radical (unpaired) electrons. The van der Waals surface area contributed by atoms with Crippen LogP contribution in [0.15, 0.2) is 57.6 Å². The van der Waals surface area contributed by atoms with Gasteiger partial charge in [-0.2, -0.15) is 0 Å². The first-order chi connectivity index (χ1) is 14.7. The van der Waals surface area contributed by atoms with Crippen molar-refractivity contribution in [1.82, 2.24) is 9.13 Å². The van der Waals surface area contributed by atoms with Crippen LogP contribution in [-0.4, -0.2) is 25.8 Å². The minimum atomic E-state index is -0.602. The van der Waals surface area contributed by atoms with E-state index < -0.39 is 28.6 Å². The summed E-state index contributed by atoms with van der Waals surface area (Å²) in [4.78, 5) is 50.8. The number of fused-ring (bicyclic) bond motifs is 1. The van der Waals surface area contributed by atoms with Crippen molar-refractivity contribution in [2.24, 2.45) is 13.0 Å². The number of Topliss-reactive ketones (excluding diaryl/α,β-unsaturated/α-hetero) is 2. The van der Waals surface area contributed by atoms with Gasteiger partial charge in [-0.3, -0.25) is 19.0 Å². The maximum atomic E-state index is 13.2. The third-order valence-electron chi connectivity index (χ3n) is 5.47. The molecule has 0 saturated heterocycles. The van der Waals surface area contributed by atoms with E-state index in [2.05, 4.69) is 0 Å². The predicted molar refractivity (Wildman–Crippen MR) is 118 cm³/mol. The molecule has 0 atom stereocenters. The molecule has 1 saturated carbocycles. The van der Waals surface area contributed by atoms with Crippen LogP contribution < -0.4 is 11.2 Å². The van der Waals surface area contributed by atoms with Gasteiger partial charge in [0.1, 0.15) is 11.3 Å². The number of benzene rings is 2. The van der Waals surface area contributed by atoms with Crippen LogP contribution >= 0.6 is 11.6 Å². The van der Waals surface area contributed by atoms with Gasteiger partial charge >= 0.3 is 5.69 Å². The van der Waals surface area contributed by atoms with Crippen LogP contribution in [0.1, 0.15) is 25.3 Å². The zero-order chi connectivity index (χ0) is 22.4. The molecule has 1 fully saturated rings. The quantitative estimate of drug-likeness (QED) is 0.376. The summed E-state index contributed by atoms with van der Waals surface area (Å²) in [6.45, 7) is 1.80. The Morgan fingerprint density at radius 1 is 1.03 bits per heavy atom. The van der Waals surface area contributed by atoms with Gasteiger partial charge < -0.3 is 5.11 Å². The molecule has 1 aromatic heterocycles. The number of aromatic nitrogens is 2. The van der Waals surface area contributed by atoms with Gasteiger partial charge in [-0.1, -0.05) is 24.6 Å². The largest absolute Gasteiger partial charge is 0.506 e. The van der Waals surface area contributed by atoms with Gasteiger partial charge in [0.2, 0.25) is 0 Å². The lowest BCUT2D eigenvalue weighted by atomic mass is 9.83. The molecule has 0 unspecified atom stereocenters. The fourth-order valence-electron chi connectivity index (χ4n) is 3.92. The summed E-state index contributed by atoms with van der Waals surface area (Å²) in [6.07, 6.45) is 0.351. The normalized spacial score (nSPS) is 16.7. The number of hydrogen-bond donors (Lipinski definition) is 1. The Morgan fingerprint density at radius 3 is 2.35 bits per heavy atom. The van der Waals surface area contributed by atoms with Crippen LogP contribution in [0.5, 0.6) is 0 Å². The number of aliphatic hydroxyl groups excluding tert-OH is 1. The van der Waals surface area contributed by atoms with E-state index in [0.29, 0.717) is 16.2 Å². The summed E-state index contributed by atoms with van der Waals surface area (Å²) in [6, 6.07) is 10.7. The first kappa shape index (κ1) is 20.8. The third kappa shape index (κ3) is 3.51. The lowest BCUT2D eigenvalue weighted by Crippen LogP contribution is -2.37. The Labute approximate surface area is 181 Å². The van der Waals surface area contributed by atoms with Crippen molar-refractivity contribution in [2.75, 3.05) is 0 Å². The van der Waals surface area contributed by atoms with Crippen molar-refractivity contribution in [3.05, 3.63) is 79.5 Å². The lowest BCUT2D eigenvalue weighted by molar-refractivity contribution is -0.125. The lowest BCUT2D eigenvalue weighted by Gasteiger charge is -2.19. The second-order valence-corrected chi connectivity index (χ2v) is 8.21. The number of carbonyl (C=O) groups is 2. The Hall–Kier alpha value is -3.45. The van der Waals surface area contributed by atoms with Crippen molar-refractivity contribution in [2.45, 2.75) is 19.8 Å². The first-order valence-corrected chi connectivity index (χ1v) is 10.1. The number of rotatable bonds is 2. The molecular formula is C23H19ClN2O5. The summed E-state index contributed by atoms with van der Waals surface area (Å²) in [7, 11) is 1.53. The van der Waals surface area contributed by atoms with Crippen molar-refractivity contribution < 1.29 is 14.7 Å². The average molecular weight is 439 g/mol. The highest BCUT2D eigenvalue weighted by Crippen LogP contribution is 2.28. The number of allylic oxidation sites excluding steroid dienone is 1. The van der Waals surface area contributed by atoms with E-state index in [1.165, 1.54) is 35.9 Å². The van der Waals surface area contributed by atoms with Gasteiger partial charge in [0.15, 0.2) is 11.6 Å². The SMILES string of the molecule is CC1CC(=O)C(=C(O)c2ccc3c(c2)c(=O)n(-c2cccc(Cl)c2)c(=O)n3C)C(=O)C1. The van der Waals surface area contributed by atoms with Crippen LogP contribution in [0.2, 0.25) is 5.02 Å². The van der Waals surface area contributed by atoms with E-state index in [0.717, 1.165) is 4.57 Å². The molecule has 1 aliphatic carbocycles. The summed E-state index contributed by atoms with van der Waals surface area (Å²) in [5, 5.41) is 11.2. The fraction of sp³-hybridized carbons (Fsp3) is 0.217. The molecule has 0 amide bonds. The molecule has 3 aromatic rings. The molecule has 0 spiro atoms. The molecule has 8 heteroatoms. The van der Waals surface area contributed by atoms with E-state index in [9.17, 15) is 24.3 Å². The predicted octanol–water partition coefficient (Wildman–Crippen LogP) is 3.18.